The summed E-state index contributed by atoms with van der Waals surface area (Å²) in [5.74, 6) is 0.754. The number of nitrogens with one attached hydrogen (secondary N) is 3. The van der Waals surface area contributed by atoms with Crippen LogP contribution in [-0.4, -0.2) is 39.4 Å². The molecule has 0 unspecified atom stereocenters. The number of methoxy groups -OCH3 is 1. The first-order valence-electron chi connectivity index (χ1n) is 8.45. The lowest BCUT2D eigenvalue weighted by molar-refractivity contribution is -0.921. The number of urea groups is 1. The van der Waals surface area contributed by atoms with Gasteiger partial charge in [0.1, 0.15) is 25.4 Å². The van der Waals surface area contributed by atoms with E-state index in [1.165, 1.54) is 10.5 Å². The van der Waals surface area contributed by atoms with Crippen LogP contribution in [0.3, 0.4) is 0 Å². The van der Waals surface area contributed by atoms with E-state index in [2.05, 4.69) is 22.8 Å². The molecule has 1 aliphatic rings. The molecule has 1 saturated heterocycles. The molecule has 25 heavy (non-hydrogen) atoms. The summed E-state index contributed by atoms with van der Waals surface area (Å²) in [7, 11) is 1.61. The number of anilines is 2. The summed E-state index contributed by atoms with van der Waals surface area (Å²) < 4.78 is 10.5. The average Bonchev–Trinajstić information content (AvgIpc) is 2.65. The number of carbonyl (C=O) groups excluding carboxylic acids is 1. The molecule has 0 atom stereocenters. The summed E-state index contributed by atoms with van der Waals surface area (Å²) in [5, 5.41) is 5.64. The minimum Gasteiger partial charge on any atom is -0.497 e. The van der Waals surface area contributed by atoms with Gasteiger partial charge in [-0.05, 0) is 36.4 Å². The van der Waals surface area contributed by atoms with Crippen molar-refractivity contribution < 1.29 is 19.2 Å². The highest BCUT2D eigenvalue weighted by Crippen LogP contribution is 2.15. The standard InChI is InChI=1S/C19H23N3O3/c1-24-18-8-6-17(7-9-18)21-19(23)20-16-4-2-15(3-5-16)14-22-10-12-25-13-11-22/h2-9H,10-14H2,1H3,(H2,20,21,23)/p+1. The van der Waals surface area contributed by atoms with E-state index in [1.807, 2.05) is 12.1 Å². The first-order valence-corrected chi connectivity index (χ1v) is 8.45. The van der Waals surface area contributed by atoms with Crippen molar-refractivity contribution in [1.82, 2.24) is 0 Å². The second kappa shape index (κ2) is 8.50. The summed E-state index contributed by atoms with van der Waals surface area (Å²) in [6.07, 6.45) is 0. The molecule has 0 aromatic heterocycles. The summed E-state index contributed by atoms with van der Waals surface area (Å²) in [6.45, 7) is 4.75. The number of morpholine rings is 1. The Morgan fingerprint density at radius 2 is 1.56 bits per heavy atom. The highest BCUT2D eigenvalue weighted by atomic mass is 16.5. The molecule has 1 heterocycles. The van der Waals surface area contributed by atoms with Crippen molar-refractivity contribution in [2.24, 2.45) is 0 Å². The maximum atomic E-state index is 12.1. The van der Waals surface area contributed by atoms with Gasteiger partial charge in [0.25, 0.3) is 0 Å². The lowest BCUT2D eigenvalue weighted by Gasteiger charge is -2.23. The zero-order chi connectivity index (χ0) is 17.5. The molecule has 0 bridgehead atoms. The zero-order valence-corrected chi connectivity index (χ0v) is 14.4. The fraction of sp³-hybridized carbons (Fsp3) is 0.316. The summed E-state index contributed by atoms with van der Waals surface area (Å²) >= 11 is 0. The van der Waals surface area contributed by atoms with Crippen LogP contribution in [0.25, 0.3) is 0 Å². The van der Waals surface area contributed by atoms with Crippen molar-refractivity contribution in [3.8, 4) is 5.75 Å². The number of rotatable bonds is 5. The molecule has 1 aliphatic heterocycles. The molecule has 0 saturated carbocycles. The van der Waals surface area contributed by atoms with Gasteiger partial charge in [0.15, 0.2) is 0 Å². The smallest absolute Gasteiger partial charge is 0.323 e. The molecule has 1 fully saturated rings. The van der Waals surface area contributed by atoms with E-state index in [0.29, 0.717) is 5.69 Å². The van der Waals surface area contributed by atoms with Gasteiger partial charge in [-0.1, -0.05) is 12.1 Å². The number of quaternary nitrogens is 1. The number of benzene rings is 2. The molecule has 6 heteroatoms. The van der Waals surface area contributed by atoms with Crippen LogP contribution in [0.1, 0.15) is 5.56 Å². The quantitative estimate of drug-likeness (QED) is 0.776. The Morgan fingerprint density at radius 3 is 2.12 bits per heavy atom. The van der Waals surface area contributed by atoms with Crippen LogP contribution in [0.2, 0.25) is 0 Å². The number of carbonyl (C=O) groups is 1. The van der Waals surface area contributed by atoms with Gasteiger partial charge in [0.05, 0.1) is 20.3 Å². The highest BCUT2D eigenvalue weighted by molar-refractivity contribution is 5.99. The van der Waals surface area contributed by atoms with Gasteiger partial charge in [-0.2, -0.15) is 0 Å². The average molecular weight is 342 g/mol. The third-order valence-electron chi connectivity index (χ3n) is 4.21. The predicted octanol–water partition coefficient (Wildman–Crippen LogP) is 1.75. The summed E-state index contributed by atoms with van der Waals surface area (Å²) in [4.78, 5) is 13.6. The van der Waals surface area contributed by atoms with Gasteiger partial charge in [-0.25, -0.2) is 4.79 Å². The van der Waals surface area contributed by atoms with Gasteiger partial charge >= 0.3 is 6.03 Å². The Morgan fingerprint density at radius 1 is 1.00 bits per heavy atom. The van der Waals surface area contributed by atoms with Gasteiger partial charge in [0.2, 0.25) is 0 Å². The van der Waals surface area contributed by atoms with Crippen molar-refractivity contribution >= 4 is 17.4 Å². The van der Waals surface area contributed by atoms with E-state index in [-0.39, 0.29) is 6.03 Å². The molecule has 0 radical (unpaired) electrons. The zero-order valence-electron chi connectivity index (χ0n) is 14.4. The second-order valence-corrected chi connectivity index (χ2v) is 6.04. The Balaban J connectivity index is 1.50. The van der Waals surface area contributed by atoms with Crippen LogP contribution in [0.15, 0.2) is 48.5 Å². The van der Waals surface area contributed by atoms with Crippen LogP contribution in [-0.2, 0) is 11.3 Å². The summed E-state index contributed by atoms with van der Waals surface area (Å²) in [5.41, 5.74) is 2.75. The van der Waals surface area contributed by atoms with Crippen molar-refractivity contribution in [1.29, 1.82) is 0 Å². The minimum atomic E-state index is -0.267. The largest absolute Gasteiger partial charge is 0.497 e. The third-order valence-corrected chi connectivity index (χ3v) is 4.21. The SMILES string of the molecule is COc1ccc(NC(=O)Nc2ccc(C[NH+]3CCOCC3)cc2)cc1. The third kappa shape index (κ3) is 5.20. The Kier molecular flexibility index (Phi) is 5.87. The van der Waals surface area contributed by atoms with Gasteiger partial charge in [-0.15, -0.1) is 0 Å². The topological polar surface area (TPSA) is 64.0 Å². The number of hydrogen-bond acceptors (Lipinski definition) is 3. The molecule has 132 valence electrons. The van der Waals surface area contributed by atoms with E-state index < -0.39 is 0 Å². The first-order chi connectivity index (χ1) is 12.2. The molecule has 3 N–H and O–H groups in total. The fourth-order valence-corrected chi connectivity index (χ4v) is 2.80. The molecule has 0 spiro atoms. The maximum Gasteiger partial charge on any atom is 0.323 e. The highest BCUT2D eigenvalue weighted by Gasteiger charge is 2.14. The van der Waals surface area contributed by atoms with Gasteiger partial charge in [-0.3, -0.25) is 0 Å². The summed E-state index contributed by atoms with van der Waals surface area (Å²) in [6, 6.07) is 14.9. The van der Waals surface area contributed by atoms with E-state index in [0.717, 1.165) is 44.3 Å². The lowest BCUT2D eigenvalue weighted by atomic mass is 10.2. The number of hydrogen-bond donors (Lipinski definition) is 3. The van der Waals surface area contributed by atoms with E-state index >= 15 is 0 Å². The van der Waals surface area contributed by atoms with Crippen LogP contribution in [0.5, 0.6) is 5.75 Å². The van der Waals surface area contributed by atoms with E-state index in [4.69, 9.17) is 9.47 Å². The first kappa shape index (κ1) is 17.3. The number of amides is 2. The molecule has 2 aromatic carbocycles. The van der Waals surface area contributed by atoms with Crippen LogP contribution in [0.4, 0.5) is 16.2 Å². The van der Waals surface area contributed by atoms with Gasteiger partial charge < -0.3 is 25.0 Å². The molecular weight excluding hydrogens is 318 g/mol. The predicted molar refractivity (Wildman–Crippen MR) is 97.3 cm³/mol. The molecule has 0 aliphatic carbocycles. The molecular formula is C19H24N3O3+. The van der Waals surface area contributed by atoms with Crippen molar-refractivity contribution in [2.75, 3.05) is 44.0 Å². The van der Waals surface area contributed by atoms with Crippen LogP contribution in [0, 0.1) is 0 Å². The Bertz CT molecular complexity index is 680. The van der Waals surface area contributed by atoms with Crippen molar-refractivity contribution in [3.63, 3.8) is 0 Å². The van der Waals surface area contributed by atoms with Crippen molar-refractivity contribution in [3.05, 3.63) is 54.1 Å². The van der Waals surface area contributed by atoms with E-state index in [1.54, 1.807) is 31.4 Å². The minimum absolute atomic E-state index is 0.267. The van der Waals surface area contributed by atoms with Gasteiger partial charge in [0, 0.05) is 16.9 Å². The molecule has 6 nitrogen and oxygen atoms in total. The normalized spacial score (nSPS) is 14.8. The fourth-order valence-electron chi connectivity index (χ4n) is 2.80. The molecule has 3 rings (SSSR count). The Labute approximate surface area is 147 Å². The van der Waals surface area contributed by atoms with Crippen molar-refractivity contribution in [2.45, 2.75) is 6.54 Å². The molecule has 2 aromatic rings. The van der Waals surface area contributed by atoms with Crippen LogP contribution >= 0.6 is 0 Å². The maximum absolute atomic E-state index is 12.1. The molecule has 2 amide bonds. The van der Waals surface area contributed by atoms with E-state index in [9.17, 15) is 4.79 Å². The second-order valence-electron chi connectivity index (χ2n) is 6.04. The lowest BCUT2D eigenvalue weighted by Crippen LogP contribution is -3.12. The monoisotopic (exact) mass is 342 g/mol. The van der Waals surface area contributed by atoms with Crippen LogP contribution < -0.4 is 20.3 Å². The Hall–Kier alpha value is -2.57. The number of ether oxygens (including phenoxy) is 2.